The lowest BCUT2D eigenvalue weighted by Gasteiger charge is -2.35. The second-order valence-corrected chi connectivity index (χ2v) is 11.3. The first kappa shape index (κ1) is 22.5. The monoisotopic (exact) mass is 454 g/mol. The second-order valence-electron chi connectivity index (χ2n) is 9.32. The molecule has 0 N–H and O–H groups in total. The van der Waals surface area contributed by atoms with Gasteiger partial charge in [-0.15, -0.1) is 0 Å². The molecule has 4 rings (SSSR count). The zero-order chi connectivity index (χ0) is 23.1. The van der Waals surface area contributed by atoms with Crippen molar-refractivity contribution in [3.63, 3.8) is 0 Å². The Morgan fingerprint density at radius 3 is 2.22 bits per heavy atom. The number of hydrogen-bond acceptors (Lipinski definition) is 4. The minimum atomic E-state index is -3.59. The highest BCUT2D eigenvalue weighted by Gasteiger charge is 2.32. The maximum absolute atomic E-state index is 13.1. The molecule has 2 aromatic carbocycles. The number of carbonyl (C=O) groups excluding carboxylic acids is 1. The van der Waals surface area contributed by atoms with E-state index in [1.54, 1.807) is 23.4 Å². The molecule has 1 saturated heterocycles. The molecule has 0 aliphatic carbocycles. The van der Waals surface area contributed by atoms with Crippen molar-refractivity contribution in [2.75, 3.05) is 26.2 Å². The quantitative estimate of drug-likeness (QED) is 0.605. The zero-order valence-electron chi connectivity index (χ0n) is 19.0. The largest absolute Gasteiger partial charge is 0.338 e. The van der Waals surface area contributed by atoms with E-state index in [0.717, 1.165) is 16.6 Å². The highest BCUT2D eigenvalue weighted by Crippen LogP contribution is 2.26. The highest BCUT2D eigenvalue weighted by molar-refractivity contribution is 7.89. The van der Waals surface area contributed by atoms with Crippen molar-refractivity contribution >= 4 is 27.0 Å². The van der Waals surface area contributed by atoms with Crippen LogP contribution in [-0.2, 0) is 20.2 Å². The minimum Gasteiger partial charge on any atom is -0.338 e. The lowest BCUT2D eigenvalue weighted by molar-refractivity contribution is -0.135. The number of benzene rings is 2. The van der Waals surface area contributed by atoms with Crippen LogP contribution in [0.3, 0.4) is 0 Å². The zero-order valence-corrected chi connectivity index (χ0v) is 19.8. The van der Waals surface area contributed by atoms with Gasteiger partial charge in [0.05, 0.1) is 22.3 Å². The van der Waals surface area contributed by atoms with Gasteiger partial charge < -0.3 is 9.47 Å². The molecule has 3 aromatic rings. The van der Waals surface area contributed by atoms with Crippen molar-refractivity contribution in [3.8, 4) is 0 Å². The number of imidazole rings is 1. The summed E-state index contributed by atoms with van der Waals surface area (Å²) in [6.07, 6.45) is 1.69. The molecule has 170 valence electrons. The predicted octanol–water partition coefficient (Wildman–Crippen LogP) is 3.43. The van der Waals surface area contributed by atoms with Crippen LogP contribution in [0, 0.1) is 0 Å². The Balaban J connectivity index is 1.43. The van der Waals surface area contributed by atoms with E-state index in [2.05, 4.69) is 25.8 Å². The summed E-state index contributed by atoms with van der Waals surface area (Å²) in [6.45, 7) is 9.46. The van der Waals surface area contributed by atoms with Gasteiger partial charge in [0.2, 0.25) is 15.9 Å². The van der Waals surface area contributed by atoms with Crippen LogP contribution in [0.4, 0.5) is 0 Å². The van der Waals surface area contributed by atoms with Crippen LogP contribution in [-0.4, -0.2) is 59.3 Å². The molecule has 0 spiro atoms. The van der Waals surface area contributed by atoms with Crippen molar-refractivity contribution in [1.29, 1.82) is 0 Å². The van der Waals surface area contributed by atoms with E-state index in [0.29, 0.717) is 18.0 Å². The Morgan fingerprint density at radius 1 is 0.969 bits per heavy atom. The summed E-state index contributed by atoms with van der Waals surface area (Å²) >= 11 is 0. The smallest absolute Gasteiger partial charge is 0.245 e. The van der Waals surface area contributed by atoms with Gasteiger partial charge in [0.1, 0.15) is 6.04 Å². The van der Waals surface area contributed by atoms with Crippen molar-refractivity contribution in [1.82, 2.24) is 18.8 Å². The molecule has 1 aliphatic rings. The van der Waals surface area contributed by atoms with Crippen molar-refractivity contribution in [3.05, 3.63) is 60.4 Å². The van der Waals surface area contributed by atoms with Gasteiger partial charge in [-0.1, -0.05) is 45.0 Å². The Morgan fingerprint density at radius 2 is 1.59 bits per heavy atom. The van der Waals surface area contributed by atoms with Crippen molar-refractivity contribution in [2.45, 2.75) is 44.0 Å². The van der Waals surface area contributed by atoms with E-state index in [1.807, 2.05) is 47.9 Å². The molecule has 32 heavy (non-hydrogen) atoms. The predicted molar refractivity (Wildman–Crippen MR) is 125 cm³/mol. The average molecular weight is 455 g/mol. The first-order valence-corrected chi connectivity index (χ1v) is 12.3. The van der Waals surface area contributed by atoms with Crippen LogP contribution in [0.2, 0.25) is 0 Å². The molecular formula is C24H30N4O3S. The van der Waals surface area contributed by atoms with Crippen LogP contribution < -0.4 is 0 Å². The van der Waals surface area contributed by atoms with Gasteiger partial charge >= 0.3 is 0 Å². The number of rotatable bonds is 4. The van der Waals surface area contributed by atoms with Crippen molar-refractivity contribution < 1.29 is 13.2 Å². The first-order valence-electron chi connectivity index (χ1n) is 10.9. The highest BCUT2D eigenvalue weighted by atomic mass is 32.2. The molecule has 1 fully saturated rings. The normalized spacial score (nSPS) is 16.9. The Labute approximate surface area is 189 Å². The van der Waals surface area contributed by atoms with Crippen LogP contribution in [0.25, 0.3) is 11.0 Å². The lowest BCUT2D eigenvalue weighted by Crippen LogP contribution is -2.51. The molecule has 2 heterocycles. The number of amides is 1. The molecule has 1 aliphatic heterocycles. The summed E-state index contributed by atoms with van der Waals surface area (Å²) in [5.41, 5.74) is 2.81. The van der Waals surface area contributed by atoms with E-state index < -0.39 is 16.1 Å². The fourth-order valence-corrected chi connectivity index (χ4v) is 5.52. The lowest BCUT2D eigenvalue weighted by atomic mass is 9.87. The van der Waals surface area contributed by atoms with Gasteiger partial charge in [-0.05, 0) is 42.2 Å². The van der Waals surface area contributed by atoms with Crippen LogP contribution in [0.15, 0.2) is 59.8 Å². The van der Waals surface area contributed by atoms with E-state index in [9.17, 15) is 13.2 Å². The van der Waals surface area contributed by atoms with Gasteiger partial charge in [0, 0.05) is 26.2 Å². The Kier molecular flexibility index (Phi) is 5.85. The number of hydrogen-bond donors (Lipinski definition) is 0. The number of carbonyl (C=O) groups is 1. The third kappa shape index (κ3) is 4.17. The SMILES string of the molecule is CC(C(=O)N1CCN(S(=O)(=O)c2ccc(C(C)(C)C)cc2)CC1)n1cnc2ccccc21. The number of nitrogens with zero attached hydrogens (tertiary/aromatic N) is 4. The molecule has 1 aromatic heterocycles. The summed E-state index contributed by atoms with van der Waals surface area (Å²) in [6, 6.07) is 14.4. The van der Waals surface area contributed by atoms with Gasteiger partial charge in [-0.3, -0.25) is 4.79 Å². The summed E-state index contributed by atoms with van der Waals surface area (Å²) < 4.78 is 29.5. The summed E-state index contributed by atoms with van der Waals surface area (Å²) in [5, 5.41) is 0. The number of aromatic nitrogens is 2. The third-order valence-electron chi connectivity index (χ3n) is 6.16. The fraction of sp³-hybridized carbons (Fsp3) is 0.417. The fourth-order valence-electron chi connectivity index (χ4n) is 4.09. The second kappa shape index (κ2) is 8.33. The average Bonchev–Trinajstić information content (AvgIpc) is 3.22. The van der Waals surface area contributed by atoms with E-state index in [1.165, 1.54) is 4.31 Å². The minimum absolute atomic E-state index is 0.0280. The maximum Gasteiger partial charge on any atom is 0.245 e. The number of para-hydroxylation sites is 2. The van der Waals surface area contributed by atoms with Gasteiger partial charge in [0.15, 0.2) is 0 Å². The standard InChI is InChI=1S/C24H30N4O3S/c1-18(28-17-25-21-7-5-6-8-22(21)28)23(29)26-13-15-27(16-14-26)32(30,31)20-11-9-19(10-12-20)24(2,3)4/h5-12,17-18H,13-16H2,1-4H3. The summed E-state index contributed by atoms with van der Waals surface area (Å²) in [5.74, 6) is -0.0280. The molecule has 0 radical (unpaired) electrons. The molecule has 0 bridgehead atoms. The molecule has 8 heteroatoms. The van der Waals surface area contributed by atoms with Gasteiger partial charge in [0.25, 0.3) is 0 Å². The number of fused-ring (bicyclic) bond motifs is 1. The van der Waals surface area contributed by atoms with E-state index in [-0.39, 0.29) is 24.4 Å². The molecular weight excluding hydrogens is 424 g/mol. The molecule has 1 amide bonds. The Hall–Kier alpha value is -2.71. The van der Waals surface area contributed by atoms with E-state index >= 15 is 0 Å². The first-order chi connectivity index (χ1) is 15.1. The summed E-state index contributed by atoms with van der Waals surface area (Å²) in [4.78, 5) is 19.5. The Bertz CT molecular complexity index is 1220. The van der Waals surface area contributed by atoms with E-state index in [4.69, 9.17) is 0 Å². The third-order valence-corrected chi connectivity index (χ3v) is 8.08. The van der Waals surface area contributed by atoms with Crippen LogP contribution >= 0.6 is 0 Å². The maximum atomic E-state index is 13.1. The van der Waals surface area contributed by atoms with Gasteiger partial charge in [-0.25, -0.2) is 13.4 Å². The van der Waals surface area contributed by atoms with Gasteiger partial charge in [-0.2, -0.15) is 4.31 Å². The number of piperazine rings is 1. The molecule has 7 nitrogen and oxygen atoms in total. The molecule has 1 unspecified atom stereocenters. The van der Waals surface area contributed by atoms with Crippen LogP contribution in [0.1, 0.15) is 39.3 Å². The van der Waals surface area contributed by atoms with Crippen molar-refractivity contribution in [2.24, 2.45) is 0 Å². The molecule has 0 saturated carbocycles. The topological polar surface area (TPSA) is 75.5 Å². The van der Waals surface area contributed by atoms with Crippen LogP contribution in [0.5, 0.6) is 0 Å². The summed E-state index contributed by atoms with van der Waals surface area (Å²) in [7, 11) is -3.59. The number of sulfonamides is 1. The molecule has 1 atom stereocenters.